The van der Waals surface area contributed by atoms with E-state index in [1.54, 1.807) is 0 Å². The second-order valence-corrected chi connectivity index (χ2v) is 11.0. The van der Waals surface area contributed by atoms with Crippen molar-refractivity contribution < 1.29 is 9.59 Å². The first kappa shape index (κ1) is 22.9. The van der Waals surface area contributed by atoms with Gasteiger partial charge in [0, 0.05) is 12.1 Å². The highest BCUT2D eigenvalue weighted by molar-refractivity contribution is 6.25. The highest BCUT2D eigenvalue weighted by atomic mass is 16.2. The Bertz CT molecular complexity index is 1670. The fourth-order valence-corrected chi connectivity index (χ4v) is 7.10. The standard InChI is InChI=1S/C34H28N2O2/c1-20-7-6-8-25(18-20)35-19-34-24-14-12-23(13-15-24)29(26-9-4-5-10-27(26)34)30-31(34)33(38)36(32(30)37)28-16-11-21(2)17-22(28)3/h4-19,29-31H,1-3H3/t29-,30-,31+,34+/m0/s1. The lowest BCUT2D eigenvalue weighted by atomic mass is 9.52. The van der Waals surface area contributed by atoms with Crippen molar-refractivity contribution in [3.63, 3.8) is 0 Å². The molecule has 4 bridgehead atoms. The number of carbonyl (C=O) groups excluding carboxylic acids is 2. The van der Waals surface area contributed by atoms with E-state index in [1.165, 1.54) is 4.90 Å². The molecule has 1 saturated heterocycles. The lowest BCUT2D eigenvalue weighted by Gasteiger charge is -2.48. The van der Waals surface area contributed by atoms with Gasteiger partial charge >= 0.3 is 0 Å². The molecule has 2 amide bonds. The summed E-state index contributed by atoms with van der Waals surface area (Å²) in [6.07, 6.45) is 1.95. The zero-order valence-electron chi connectivity index (χ0n) is 21.7. The largest absolute Gasteiger partial charge is 0.274 e. The first-order valence-corrected chi connectivity index (χ1v) is 13.2. The molecule has 0 radical (unpaired) electrons. The molecule has 186 valence electrons. The molecule has 1 heterocycles. The van der Waals surface area contributed by atoms with Crippen LogP contribution < -0.4 is 4.90 Å². The summed E-state index contributed by atoms with van der Waals surface area (Å²) in [5.74, 6) is -1.57. The molecular formula is C34H28N2O2. The van der Waals surface area contributed by atoms with Crippen LogP contribution in [0.15, 0.2) is 96.0 Å². The number of imide groups is 1. The molecule has 10 rings (SSSR count). The van der Waals surface area contributed by atoms with Crippen molar-refractivity contribution in [1.29, 1.82) is 0 Å². The molecule has 0 aromatic heterocycles. The molecule has 4 nitrogen and oxygen atoms in total. The van der Waals surface area contributed by atoms with E-state index < -0.39 is 17.3 Å². The maximum Gasteiger partial charge on any atom is 0.239 e. The van der Waals surface area contributed by atoms with E-state index in [9.17, 15) is 9.59 Å². The molecule has 0 unspecified atom stereocenters. The van der Waals surface area contributed by atoms with Crippen LogP contribution >= 0.6 is 0 Å². The molecule has 4 heteroatoms. The van der Waals surface area contributed by atoms with Gasteiger partial charge in [0.05, 0.1) is 28.6 Å². The molecule has 4 aromatic rings. The summed E-state index contributed by atoms with van der Waals surface area (Å²) in [5.41, 5.74) is 8.00. The Morgan fingerprint density at radius 2 is 1.55 bits per heavy atom. The molecule has 0 saturated carbocycles. The van der Waals surface area contributed by atoms with Gasteiger partial charge in [0.25, 0.3) is 0 Å². The van der Waals surface area contributed by atoms with Gasteiger partial charge in [-0.15, -0.1) is 0 Å². The van der Waals surface area contributed by atoms with Crippen molar-refractivity contribution in [1.82, 2.24) is 0 Å². The lowest BCUT2D eigenvalue weighted by Crippen LogP contribution is -2.51. The molecule has 0 N–H and O–H groups in total. The van der Waals surface area contributed by atoms with Crippen LogP contribution in [-0.2, 0) is 15.0 Å². The van der Waals surface area contributed by atoms with Crippen LogP contribution in [0.1, 0.15) is 44.9 Å². The second-order valence-electron chi connectivity index (χ2n) is 11.0. The quantitative estimate of drug-likeness (QED) is 0.238. The minimum Gasteiger partial charge on any atom is -0.274 e. The van der Waals surface area contributed by atoms with Gasteiger partial charge in [-0.3, -0.25) is 14.6 Å². The summed E-state index contributed by atoms with van der Waals surface area (Å²) in [6, 6.07) is 30.8. The highest BCUT2D eigenvalue weighted by Gasteiger charge is 2.65. The van der Waals surface area contributed by atoms with Gasteiger partial charge in [-0.25, -0.2) is 4.90 Å². The molecule has 1 fully saturated rings. The molecule has 4 aromatic carbocycles. The lowest BCUT2D eigenvalue weighted by molar-refractivity contribution is -0.122. The van der Waals surface area contributed by atoms with Crippen LogP contribution in [0.2, 0.25) is 0 Å². The Kier molecular flexibility index (Phi) is 4.87. The minimum absolute atomic E-state index is 0.123. The van der Waals surface area contributed by atoms with Crippen molar-refractivity contribution in [2.45, 2.75) is 32.1 Å². The summed E-state index contributed by atoms with van der Waals surface area (Å²) in [4.78, 5) is 35.4. The van der Waals surface area contributed by atoms with Crippen LogP contribution in [0.5, 0.6) is 0 Å². The molecule has 6 aliphatic rings. The number of anilines is 1. The molecule has 38 heavy (non-hydrogen) atoms. The van der Waals surface area contributed by atoms with Crippen LogP contribution in [0.25, 0.3) is 0 Å². The Morgan fingerprint density at radius 3 is 2.32 bits per heavy atom. The number of hydrogen-bond donors (Lipinski definition) is 0. The zero-order valence-corrected chi connectivity index (χ0v) is 21.7. The Balaban J connectivity index is 1.52. The van der Waals surface area contributed by atoms with E-state index in [1.807, 2.05) is 81.6 Å². The molecule has 1 aliphatic heterocycles. The maximum absolute atomic E-state index is 14.6. The van der Waals surface area contributed by atoms with Gasteiger partial charge < -0.3 is 0 Å². The van der Waals surface area contributed by atoms with E-state index in [4.69, 9.17) is 4.99 Å². The molecule has 4 atom stereocenters. The average Bonchev–Trinajstić information content (AvgIpc) is 3.15. The number of amides is 2. The van der Waals surface area contributed by atoms with E-state index in [0.717, 1.165) is 44.6 Å². The Labute approximate surface area is 222 Å². The Hall–Kier alpha value is -4.31. The van der Waals surface area contributed by atoms with Crippen molar-refractivity contribution in [3.8, 4) is 0 Å². The van der Waals surface area contributed by atoms with Crippen LogP contribution in [0.3, 0.4) is 0 Å². The van der Waals surface area contributed by atoms with E-state index in [-0.39, 0.29) is 17.7 Å². The smallest absolute Gasteiger partial charge is 0.239 e. The number of hydrogen-bond acceptors (Lipinski definition) is 3. The van der Waals surface area contributed by atoms with Crippen molar-refractivity contribution in [2.75, 3.05) is 4.90 Å². The second kappa shape index (κ2) is 8.09. The van der Waals surface area contributed by atoms with Gasteiger partial charge in [0.1, 0.15) is 0 Å². The van der Waals surface area contributed by atoms with E-state index >= 15 is 0 Å². The monoisotopic (exact) mass is 496 g/mol. The number of aliphatic imine (C=N–C) groups is 1. The normalized spacial score (nSPS) is 25.0. The van der Waals surface area contributed by atoms with Crippen LogP contribution in [0.4, 0.5) is 11.4 Å². The SMILES string of the molecule is Cc1cccc(N=C[C@@]23c4ccc(cc4)[C@@H](c4ccccc42)[C@@H]2C(=O)N(c4ccc(C)cc4C)C(=O)[C@@H]23)c1. The van der Waals surface area contributed by atoms with Gasteiger partial charge in [-0.05, 0) is 72.4 Å². The highest BCUT2D eigenvalue weighted by Crippen LogP contribution is 2.60. The average molecular weight is 497 g/mol. The predicted octanol–water partition coefficient (Wildman–Crippen LogP) is 6.57. The number of rotatable bonds is 3. The summed E-state index contributed by atoms with van der Waals surface area (Å²) >= 11 is 0. The first-order chi connectivity index (χ1) is 18.4. The fourth-order valence-electron chi connectivity index (χ4n) is 7.10. The Morgan fingerprint density at radius 1 is 0.789 bits per heavy atom. The van der Waals surface area contributed by atoms with E-state index in [2.05, 4.69) is 36.4 Å². The molecule has 5 aliphatic carbocycles. The van der Waals surface area contributed by atoms with Crippen molar-refractivity contribution >= 4 is 29.4 Å². The van der Waals surface area contributed by atoms with Gasteiger partial charge in [-0.2, -0.15) is 0 Å². The summed E-state index contributed by atoms with van der Waals surface area (Å²) < 4.78 is 0. The number of carbonyl (C=O) groups is 2. The third kappa shape index (κ3) is 3.00. The summed E-state index contributed by atoms with van der Waals surface area (Å²) in [6.45, 7) is 6.04. The van der Waals surface area contributed by atoms with Crippen molar-refractivity contribution in [2.24, 2.45) is 16.8 Å². The van der Waals surface area contributed by atoms with Crippen molar-refractivity contribution in [3.05, 3.63) is 130 Å². The number of benzene rings is 4. The summed E-state index contributed by atoms with van der Waals surface area (Å²) in [5, 5.41) is 0. The number of aryl methyl sites for hydroxylation is 3. The van der Waals surface area contributed by atoms with Gasteiger partial charge in [-0.1, -0.05) is 78.4 Å². The van der Waals surface area contributed by atoms with Crippen LogP contribution in [0, 0.1) is 32.6 Å². The molecular weight excluding hydrogens is 468 g/mol. The number of nitrogens with zero attached hydrogens (tertiary/aromatic N) is 2. The van der Waals surface area contributed by atoms with Gasteiger partial charge in [0.15, 0.2) is 0 Å². The maximum atomic E-state index is 14.6. The van der Waals surface area contributed by atoms with E-state index in [0.29, 0.717) is 5.69 Å². The zero-order chi connectivity index (χ0) is 26.2. The minimum atomic E-state index is -0.874. The topological polar surface area (TPSA) is 49.7 Å². The summed E-state index contributed by atoms with van der Waals surface area (Å²) in [7, 11) is 0. The third-order valence-corrected chi connectivity index (χ3v) is 8.70. The van der Waals surface area contributed by atoms with Gasteiger partial charge in [0.2, 0.25) is 11.8 Å². The first-order valence-electron chi connectivity index (χ1n) is 13.2. The fraction of sp³-hybridized carbons (Fsp3) is 0.206. The third-order valence-electron chi connectivity index (χ3n) is 8.70. The van der Waals surface area contributed by atoms with Crippen LogP contribution in [-0.4, -0.2) is 18.0 Å². The predicted molar refractivity (Wildman–Crippen MR) is 150 cm³/mol. The molecule has 0 spiro atoms.